The lowest BCUT2D eigenvalue weighted by molar-refractivity contribution is 0.174. The predicted octanol–water partition coefficient (Wildman–Crippen LogP) is 3.25. The Balaban J connectivity index is 1.46. The van der Waals surface area contributed by atoms with Gasteiger partial charge >= 0.3 is 0 Å². The molecule has 0 amide bonds. The molecule has 0 saturated heterocycles. The van der Waals surface area contributed by atoms with Crippen LogP contribution in [0, 0.1) is 0 Å². The van der Waals surface area contributed by atoms with E-state index in [4.69, 9.17) is 9.47 Å². The first-order valence-electron chi connectivity index (χ1n) is 8.65. The molecule has 0 bridgehead atoms. The molecular formula is C20H19N3O4S. The van der Waals surface area contributed by atoms with Crippen molar-refractivity contribution in [2.75, 3.05) is 23.5 Å². The Labute approximate surface area is 163 Å². The molecule has 8 heteroatoms. The second-order valence-corrected chi connectivity index (χ2v) is 8.05. The Hall–Kier alpha value is -3.26. The van der Waals surface area contributed by atoms with Crippen LogP contribution in [-0.4, -0.2) is 27.2 Å². The van der Waals surface area contributed by atoms with Gasteiger partial charge in [0.25, 0.3) is 10.0 Å². The minimum absolute atomic E-state index is 0.0869. The van der Waals surface area contributed by atoms with Crippen LogP contribution in [0.4, 0.5) is 11.5 Å². The highest BCUT2D eigenvalue weighted by Crippen LogP contribution is 2.34. The molecule has 0 aliphatic carbocycles. The fourth-order valence-corrected chi connectivity index (χ4v) is 3.88. The lowest BCUT2D eigenvalue weighted by atomic mass is 10.2. The first-order valence-corrected chi connectivity index (χ1v) is 10.1. The van der Waals surface area contributed by atoms with Crippen LogP contribution in [0.25, 0.3) is 0 Å². The van der Waals surface area contributed by atoms with Crippen LogP contribution in [0.1, 0.15) is 5.56 Å². The highest BCUT2D eigenvalue weighted by atomic mass is 32.2. The average molecular weight is 397 g/mol. The molecule has 1 N–H and O–H groups in total. The summed E-state index contributed by atoms with van der Waals surface area (Å²) in [4.78, 5) is 6.36. The SMILES string of the molecule is CN(Cc1ccccc1)c1ccc(NS(=O)(=O)c2ccc3c(c2)OCO3)nc1. The number of pyridine rings is 1. The zero-order valence-electron chi connectivity index (χ0n) is 15.2. The Morgan fingerprint density at radius 2 is 1.82 bits per heavy atom. The van der Waals surface area contributed by atoms with Crippen LogP contribution in [0.2, 0.25) is 0 Å². The van der Waals surface area contributed by atoms with Crippen molar-refractivity contribution in [3.8, 4) is 11.5 Å². The van der Waals surface area contributed by atoms with Crippen LogP contribution in [-0.2, 0) is 16.6 Å². The lowest BCUT2D eigenvalue weighted by Crippen LogP contribution is -2.17. The zero-order valence-corrected chi connectivity index (χ0v) is 16.0. The summed E-state index contributed by atoms with van der Waals surface area (Å²) in [5.74, 6) is 1.19. The number of hydrogen-bond donors (Lipinski definition) is 1. The Morgan fingerprint density at radius 3 is 2.57 bits per heavy atom. The maximum atomic E-state index is 12.6. The highest BCUT2D eigenvalue weighted by Gasteiger charge is 2.20. The van der Waals surface area contributed by atoms with Crippen molar-refractivity contribution >= 4 is 21.5 Å². The standard InChI is InChI=1S/C20H19N3O4S/c1-23(13-15-5-3-2-4-6-15)16-7-10-20(21-12-16)22-28(24,25)17-8-9-18-19(11-17)27-14-26-18/h2-12H,13-14H2,1H3,(H,21,22). The van der Waals surface area contributed by atoms with Gasteiger partial charge in [0.1, 0.15) is 5.82 Å². The van der Waals surface area contributed by atoms with Gasteiger partial charge in [0.05, 0.1) is 16.8 Å². The molecule has 2 heterocycles. The van der Waals surface area contributed by atoms with E-state index in [9.17, 15) is 8.42 Å². The molecule has 0 saturated carbocycles. The van der Waals surface area contributed by atoms with E-state index in [1.54, 1.807) is 18.3 Å². The van der Waals surface area contributed by atoms with Gasteiger partial charge in [-0.1, -0.05) is 30.3 Å². The largest absolute Gasteiger partial charge is 0.454 e. The molecule has 1 aliphatic rings. The number of sulfonamides is 1. The smallest absolute Gasteiger partial charge is 0.263 e. The van der Waals surface area contributed by atoms with E-state index in [2.05, 4.69) is 21.8 Å². The summed E-state index contributed by atoms with van der Waals surface area (Å²) in [6, 6.07) is 18.0. The molecule has 3 aromatic rings. The van der Waals surface area contributed by atoms with E-state index in [0.29, 0.717) is 11.5 Å². The van der Waals surface area contributed by atoms with E-state index in [-0.39, 0.29) is 17.5 Å². The number of nitrogens with one attached hydrogen (secondary N) is 1. The van der Waals surface area contributed by atoms with Crippen LogP contribution in [0.5, 0.6) is 11.5 Å². The number of rotatable bonds is 6. The number of anilines is 2. The van der Waals surface area contributed by atoms with Gasteiger partial charge in [0, 0.05) is 19.7 Å². The second-order valence-electron chi connectivity index (χ2n) is 6.36. The fourth-order valence-electron chi connectivity index (χ4n) is 2.86. The lowest BCUT2D eigenvalue weighted by Gasteiger charge is -2.19. The number of benzene rings is 2. The molecule has 2 aromatic carbocycles. The monoisotopic (exact) mass is 397 g/mol. The fraction of sp³-hybridized carbons (Fsp3) is 0.150. The van der Waals surface area contributed by atoms with Crippen molar-refractivity contribution in [1.29, 1.82) is 0 Å². The van der Waals surface area contributed by atoms with Crippen LogP contribution < -0.4 is 19.1 Å². The van der Waals surface area contributed by atoms with E-state index >= 15 is 0 Å². The van der Waals surface area contributed by atoms with Gasteiger partial charge < -0.3 is 14.4 Å². The van der Waals surface area contributed by atoms with Gasteiger partial charge in [-0.15, -0.1) is 0 Å². The third kappa shape index (κ3) is 3.86. The molecule has 1 aromatic heterocycles. The molecule has 144 valence electrons. The number of ether oxygens (including phenoxy) is 2. The topological polar surface area (TPSA) is 80.8 Å². The van der Waals surface area contributed by atoms with Crippen molar-refractivity contribution in [2.24, 2.45) is 0 Å². The van der Waals surface area contributed by atoms with Gasteiger partial charge in [-0.3, -0.25) is 4.72 Å². The molecule has 0 spiro atoms. The second kappa shape index (κ2) is 7.40. The third-order valence-corrected chi connectivity index (χ3v) is 5.70. The quantitative estimate of drug-likeness (QED) is 0.688. The Kier molecular flexibility index (Phi) is 4.79. The molecule has 4 rings (SSSR count). The minimum atomic E-state index is -3.78. The van der Waals surface area contributed by atoms with Gasteiger partial charge in [0.2, 0.25) is 6.79 Å². The van der Waals surface area contributed by atoms with Crippen LogP contribution in [0.3, 0.4) is 0 Å². The number of aromatic nitrogens is 1. The van der Waals surface area contributed by atoms with Gasteiger partial charge in [-0.2, -0.15) is 0 Å². The van der Waals surface area contributed by atoms with Gasteiger partial charge in [-0.25, -0.2) is 13.4 Å². The molecule has 1 aliphatic heterocycles. The maximum absolute atomic E-state index is 12.6. The van der Waals surface area contributed by atoms with Crippen molar-refractivity contribution in [3.05, 3.63) is 72.4 Å². The summed E-state index contributed by atoms with van der Waals surface area (Å²) in [5, 5.41) is 0. The number of nitrogens with zero attached hydrogens (tertiary/aromatic N) is 2. The van der Waals surface area contributed by atoms with E-state index in [1.807, 2.05) is 36.2 Å². The Bertz CT molecular complexity index is 1070. The van der Waals surface area contributed by atoms with E-state index in [1.165, 1.54) is 17.7 Å². The summed E-state index contributed by atoms with van der Waals surface area (Å²) in [5.41, 5.74) is 2.06. The van der Waals surface area contributed by atoms with Gasteiger partial charge in [-0.05, 0) is 29.8 Å². The molecule has 0 fully saturated rings. The van der Waals surface area contributed by atoms with E-state index < -0.39 is 10.0 Å². The minimum Gasteiger partial charge on any atom is -0.454 e. The summed E-state index contributed by atoms with van der Waals surface area (Å²) < 4.78 is 38.1. The molecular weight excluding hydrogens is 378 g/mol. The summed E-state index contributed by atoms with van der Waals surface area (Å²) in [6.07, 6.45) is 1.64. The van der Waals surface area contributed by atoms with Crippen molar-refractivity contribution < 1.29 is 17.9 Å². The third-order valence-electron chi connectivity index (χ3n) is 4.34. The van der Waals surface area contributed by atoms with Crippen molar-refractivity contribution in [3.63, 3.8) is 0 Å². The maximum Gasteiger partial charge on any atom is 0.263 e. The van der Waals surface area contributed by atoms with Crippen molar-refractivity contribution in [2.45, 2.75) is 11.4 Å². The van der Waals surface area contributed by atoms with E-state index in [0.717, 1.165) is 12.2 Å². The summed E-state index contributed by atoms with van der Waals surface area (Å²) in [7, 11) is -1.82. The van der Waals surface area contributed by atoms with Crippen molar-refractivity contribution in [1.82, 2.24) is 4.98 Å². The Morgan fingerprint density at radius 1 is 1.04 bits per heavy atom. The normalized spacial score (nSPS) is 12.6. The molecule has 0 atom stereocenters. The van der Waals surface area contributed by atoms with Gasteiger partial charge in [0.15, 0.2) is 11.5 Å². The highest BCUT2D eigenvalue weighted by molar-refractivity contribution is 7.92. The molecule has 0 radical (unpaired) electrons. The van der Waals surface area contributed by atoms with Crippen LogP contribution in [0.15, 0.2) is 71.8 Å². The summed E-state index contributed by atoms with van der Waals surface area (Å²) >= 11 is 0. The zero-order chi connectivity index (χ0) is 19.6. The first-order chi connectivity index (χ1) is 13.5. The molecule has 28 heavy (non-hydrogen) atoms. The summed E-state index contributed by atoms with van der Waals surface area (Å²) in [6.45, 7) is 0.816. The molecule has 7 nitrogen and oxygen atoms in total. The first kappa shape index (κ1) is 18.1. The predicted molar refractivity (Wildman–Crippen MR) is 106 cm³/mol. The molecule has 0 unspecified atom stereocenters. The van der Waals surface area contributed by atoms with Crippen LogP contribution >= 0.6 is 0 Å². The number of fused-ring (bicyclic) bond motifs is 1. The number of hydrogen-bond acceptors (Lipinski definition) is 6. The average Bonchev–Trinajstić information content (AvgIpc) is 3.17.